The minimum Gasteiger partial charge on any atom is -0.507 e. The number of hydrogen-bond acceptors (Lipinski definition) is 2. The van der Waals surface area contributed by atoms with Gasteiger partial charge in [-0.2, -0.15) is 0 Å². The van der Waals surface area contributed by atoms with Gasteiger partial charge in [0.25, 0.3) is 0 Å². The van der Waals surface area contributed by atoms with Gasteiger partial charge in [-0.1, -0.05) is 0 Å². The van der Waals surface area contributed by atoms with E-state index in [1.807, 2.05) is 0 Å². The summed E-state index contributed by atoms with van der Waals surface area (Å²) < 4.78 is 13.0. The first kappa shape index (κ1) is 8.51. The molecule has 1 aliphatic heterocycles. The van der Waals surface area contributed by atoms with Crippen LogP contribution in [0.1, 0.15) is 23.6 Å². The van der Waals surface area contributed by atoms with Crippen LogP contribution in [0.5, 0.6) is 5.75 Å². The van der Waals surface area contributed by atoms with Gasteiger partial charge in [-0.25, -0.2) is 4.39 Å². The predicted octanol–water partition coefficient (Wildman–Crippen LogP) is 1.87. The van der Waals surface area contributed by atoms with Gasteiger partial charge in [-0.05, 0) is 37.6 Å². The van der Waals surface area contributed by atoms with Gasteiger partial charge in [0.15, 0.2) is 0 Å². The van der Waals surface area contributed by atoms with E-state index in [0.717, 1.165) is 13.0 Å². The molecule has 2 rings (SSSR count). The van der Waals surface area contributed by atoms with Crippen LogP contribution >= 0.6 is 0 Å². The third-order valence-electron chi connectivity index (χ3n) is 2.49. The van der Waals surface area contributed by atoms with Crippen LogP contribution in [0, 0.1) is 12.7 Å². The number of aryl methyl sites for hydroxylation is 1. The normalized spacial score (nSPS) is 21.2. The third kappa shape index (κ3) is 1.40. The molecule has 1 aromatic carbocycles. The lowest BCUT2D eigenvalue weighted by Crippen LogP contribution is -2.35. The lowest BCUT2D eigenvalue weighted by molar-refractivity contribution is 0.361. The number of nitrogens with one attached hydrogen (secondary N) is 1. The smallest absolute Gasteiger partial charge is 0.124 e. The molecule has 0 saturated carbocycles. The van der Waals surface area contributed by atoms with E-state index < -0.39 is 0 Å². The molecule has 0 bridgehead atoms. The quantitative estimate of drug-likeness (QED) is 0.693. The standard InChI is InChI=1S/C10H12FNO/c1-6-4-7(11)5-8(10(6)13)9-2-3-12-9/h4-5,9,12-13H,2-3H2,1H3/t9-/m0/s1. The van der Waals surface area contributed by atoms with Gasteiger partial charge in [0.2, 0.25) is 0 Å². The lowest BCUT2D eigenvalue weighted by Gasteiger charge is -2.29. The molecular formula is C10H12FNO. The molecule has 0 unspecified atom stereocenters. The summed E-state index contributed by atoms with van der Waals surface area (Å²) in [6, 6.07) is 2.88. The molecule has 70 valence electrons. The van der Waals surface area contributed by atoms with Gasteiger partial charge in [0.1, 0.15) is 11.6 Å². The van der Waals surface area contributed by atoms with Crippen molar-refractivity contribution in [3.05, 3.63) is 29.1 Å². The van der Waals surface area contributed by atoms with Crippen LogP contribution in [0.3, 0.4) is 0 Å². The second kappa shape index (κ2) is 3.00. The molecule has 0 amide bonds. The zero-order valence-electron chi connectivity index (χ0n) is 7.47. The number of benzene rings is 1. The Labute approximate surface area is 76.4 Å². The van der Waals surface area contributed by atoms with Crippen molar-refractivity contribution in [1.29, 1.82) is 0 Å². The number of phenolic OH excluding ortho intramolecular Hbond substituents is 1. The predicted molar refractivity (Wildman–Crippen MR) is 48.2 cm³/mol. The van der Waals surface area contributed by atoms with E-state index in [1.54, 1.807) is 6.92 Å². The molecule has 1 saturated heterocycles. The summed E-state index contributed by atoms with van der Waals surface area (Å²) in [5, 5.41) is 12.8. The highest BCUT2D eigenvalue weighted by atomic mass is 19.1. The van der Waals surface area contributed by atoms with Crippen molar-refractivity contribution < 1.29 is 9.50 Å². The number of aromatic hydroxyl groups is 1. The Balaban J connectivity index is 2.42. The number of phenols is 1. The molecule has 1 heterocycles. The first-order chi connectivity index (χ1) is 6.18. The Morgan fingerprint density at radius 3 is 2.77 bits per heavy atom. The summed E-state index contributed by atoms with van der Waals surface area (Å²) in [5.74, 6) is -0.0578. The maximum absolute atomic E-state index is 13.0. The van der Waals surface area contributed by atoms with E-state index in [2.05, 4.69) is 5.32 Å². The second-order valence-corrected chi connectivity index (χ2v) is 3.46. The Kier molecular flexibility index (Phi) is 1.96. The van der Waals surface area contributed by atoms with Gasteiger partial charge in [0.05, 0.1) is 0 Å². The van der Waals surface area contributed by atoms with E-state index in [9.17, 15) is 9.50 Å². The minimum absolute atomic E-state index is 0.134. The van der Waals surface area contributed by atoms with E-state index in [1.165, 1.54) is 12.1 Å². The first-order valence-corrected chi connectivity index (χ1v) is 4.41. The van der Waals surface area contributed by atoms with E-state index in [-0.39, 0.29) is 17.6 Å². The minimum atomic E-state index is -0.279. The zero-order valence-corrected chi connectivity index (χ0v) is 7.47. The fourth-order valence-electron chi connectivity index (χ4n) is 1.58. The first-order valence-electron chi connectivity index (χ1n) is 4.41. The van der Waals surface area contributed by atoms with Crippen molar-refractivity contribution in [2.75, 3.05) is 6.54 Å². The van der Waals surface area contributed by atoms with Crippen molar-refractivity contribution in [3.63, 3.8) is 0 Å². The molecule has 3 heteroatoms. The largest absolute Gasteiger partial charge is 0.507 e. The Morgan fingerprint density at radius 1 is 1.54 bits per heavy atom. The summed E-state index contributed by atoms with van der Waals surface area (Å²) >= 11 is 0. The molecule has 0 aliphatic carbocycles. The van der Waals surface area contributed by atoms with Crippen molar-refractivity contribution in [3.8, 4) is 5.75 Å². The molecule has 1 aromatic rings. The van der Waals surface area contributed by atoms with Crippen molar-refractivity contribution in [2.45, 2.75) is 19.4 Å². The molecule has 0 spiro atoms. The molecule has 2 nitrogen and oxygen atoms in total. The molecule has 2 N–H and O–H groups in total. The fraction of sp³-hybridized carbons (Fsp3) is 0.400. The molecule has 13 heavy (non-hydrogen) atoms. The average molecular weight is 181 g/mol. The molecule has 0 aromatic heterocycles. The van der Waals surface area contributed by atoms with Gasteiger partial charge < -0.3 is 10.4 Å². The molecular weight excluding hydrogens is 169 g/mol. The van der Waals surface area contributed by atoms with Crippen LogP contribution in [-0.2, 0) is 0 Å². The Bertz CT molecular complexity index is 334. The summed E-state index contributed by atoms with van der Waals surface area (Å²) in [4.78, 5) is 0. The summed E-state index contributed by atoms with van der Waals surface area (Å²) in [6.45, 7) is 2.65. The zero-order chi connectivity index (χ0) is 9.42. The molecule has 1 atom stereocenters. The molecule has 1 aliphatic rings. The third-order valence-corrected chi connectivity index (χ3v) is 2.49. The van der Waals surface area contributed by atoms with Crippen LogP contribution in [-0.4, -0.2) is 11.7 Å². The fourth-order valence-corrected chi connectivity index (χ4v) is 1.58. The van der Waals surface area contributed by atoms with Gasteiger partial charge >= 0.3 is 0 Å². The van der Waals surface area contributed by atoms with Crippen LogP contribution in [0.2, 0.25) is 0 Å². The Morgan fingerprint density at radius 2 is 2.23 bits per heavy atom. The van der Waals surface area contributed by atoms with Crippen LogP contribution in [0.15, 0.2) is 12.1 Å². The monoisotopic (exact) mass is 181 g/mol. The average Bonchev–Trinajstić information content (AvgIpc) is 1.95. The van der Waals surface area contributed by atoms with Crippen molar-refractivity contribution in [1.82, 2.24) is 5.32 Å². The van der Waals surface area contributed by atoms with Crippen LogP contribution in [0.4, 0.5) is 4.39 Å². The highest BCUT2D eigenvalue weighted by Gasteiger charge is 2.22. The Hall–Kier alpha value is -1.09. The highest BCUT2D eigenvalue weighted by molar-refractivity contribution is 5.42. The van der Waals surface area contributed by atoms with Gasteiger partial charge in [0, 0.05) is 11.6 Å². The lowest BCUT2D eigenvalue weighted by atomic mass is 9.95. The van der Waals surface area contributed by atoms with Crippen molar-refractivity contribution >= 4 is 0 Å². The van der Waals surface area contributed by atoms with Crippen LogP contribution < -0.4 is 5.32 Å². The SMILES string of the molecule is Cc1cc(F)cc([C@@H]2CCN2)c1O. The van der Waals surface area contributed by atoms with Gasteiger partial charge in [-0.15, -0.1) is 0 Å². The van der Waals surface area contributed by atoms with Crippen molar-refractivity contribution in [2.24, 2.45) is 0 Å². The maximum atomic E-state index is 13.0. The van der Waals surface area contributed by atoms with Crippen LogP contribution in [0.25, 0.3) is 0 Å². The number of halogens is 1. The maximum Gasteiger partial charge on any atom is 0.124 e. The van der Waals surface area contributed by atoms with E-state index >= 15 is 0 Å². The molecule has 0 radical (unpaired) electrons. The van der Waals surface area contributed by atoms with E-state index in [0.29, 0.717) is 11.1 Å². The van der Waals surface area contributed by atoms with E-state index in [4.69, 9.17) is 0 Å². The second-order valence-electron chi connectivity index (χ2n) is 3.46. The van der Waals surface area contributed by atoms with Gasteiger partial charge in [-0.3, -0.25) is 0 Å². The number of rotatable bonds is 1. The summed E-state index contributed by atoms with van der Waals surface area (Å²) in [5.41, 5.74) is 1.28. The summed E-state index contributed by atoms with van der Waals surface area (Å²) in [7, 11) is 0. The number of hydrogen-bond donors (Lipinski definition) is 2. The summed E-state index contributed by atoms with van der Waals surface area (Å²) in [6.07, 6.45) is 0.969. The highest BCUT2D eigenvalue weighted by Crippen LogP contribution is 2.33. The molecule has 1 fully saturated rings. The topological polar surface area (TPSA) is 32.3 Å².